The van der Waals surface area contributed by atoms with Crippen molar-refractivity contribution >= 4 is 50.7 Å². The summed E-state index contributed by atoms with van der Waals surface area (Å²) in [5.41, 5.74) is 1.59. The number of para-hydroxylation sites is 1. The van der Waals surface area contributed by atoms with Crippen LogP contribution in [0.1, 0.15) is 5.56 Å². The second-order valence-corrected chi connectivity index (χ2v) is 10.0. The molecule has 0 radical (unpaired) electrons. The van der Waals surface area contributed by atoms with Crippen molar-refractivity contribution < 1.29 is 13.2 Å². The van der Waals surface area contributed by atoms with Crippen molar-refractivity contribution in [2.45, 2.75) is 16.7 Å². The zero-order valence-corrected chi connectivity index (χ0v) is 18.9. The summed E-state index contributed by atoms with van der Waals surface area (Å²) >= 11 is 7.66. The van der Waals surface area contributed by atoms with Crippen LogP contribution in [0, 0.1) is 6.92 Å². The van der Waals surface area contributed by atoms with Gasteiger partial charge in [0.25, 0.3) is 0 Å². The van der Waals surface area contributed by atoms with Crippen LogP contribution in [0.4, 0.5) is 11.4 Å². The molecule has 0 aliphatic heterocycles. The fourth-order valence-electron chi connectivity index (χ4n) is 2.84. The van der Waals surface area contributed by atoms with Crippen molar-refractivity contribution in [2.75, 3.05) is 22.4 Å². The summed E-state index contributed by atoms with van der Waals surface area (Å²) in [7, 11) is -3.69. The molecule has 0 spiro atoms. The highest BCUT2D eigenvalue weighted by atomic mass is 35.5. The lowest BCUT2D eigenvalue weighted by Gasteiger charge is -2.24. The number of carbonyl (C=O) groups excluding carboxylic acids is 1. The van der Waals surface area contributed by atoms with E-state index in [0.29, 0.717) is 22.0 Å². The molecule has 0 bridgehead atoms. The summed E-state index contributed by atoms with van der Waals surface area (Å²) in [4.78, 5) is 14.7. The second kappa shape index (κ2) is 9.55. The zero-order chi connectivity index (χ0) is 21.7. The molecule has 0 aliphatic carbocycles. The first-order valence-electron chi connectivity index (χ1n) is 9.10. The molecular weight excluding hydrogens is 440 g/mol. The number of carbonyl (C=O) groups is 1. The maximum Gasteiger partial charge on any atom is 0.245 e. The van der Waals surface area contributed by atoms with Crippen molar-refractivity contribution in [1.29, 1.82) is 0 Å². The lowest BCUT2D eigenvalue weighted by atomic mass is 10.2. The summed E-state index contributed by atoms with van der Waals surface area (Å²) in [6.45, 7) is 1.36. The topological polar surface area (TPSA) is 66.5 Å². The van der Waals surface area contributed by atoms with Gasteiger partial charge in [-0.1, -0.05) is 59.8 Å². The van der Waals surface area contributed by atoms with Gasteiger partial charge in [-0.2, -0.15) is 0 Å². The van der Waals surface area contributed by atoms with E-state index in [1.54, 1.807) is 31.2 Å². The molecule has 1 amide bonds. The summed E-state index contributed by atoms with van der Waals surface area (Å²) in [5.74, 6) is -0.444. The Bertz CT molecular complexity index is 1150. The third-order valence-electron chi connectivity index (χ3n) is 4.33. The second-order valence-electron chi connectivity index (χ2n) is 6.61. The Hall–Kier alpha value is -2.48. The third kappa shape index (κ3) is 5.56. The number of nitrogens with one attached hydrogen (secondary N) is 1. The highest BCUT2D eigenvalue weighted by Gasteiger charge is 2.23. The van der Waals surface area contributed by atoms with E-state index in [1.165, 1.54) is 11.8 Å². The maximum atomic E-state index is 12.8. The van der Waals surface area contributed by atoms with Gasteiger partial charge < -0.3 is 5.32 Å². The highest BCUT2D eigenvalue weighted by Crippen LogP contribution is 2.33. The normalized spacial score (nSPS) is 11.2. The molecule has 0 aliphatic rings. The lowest BCUT2D eigenvalue weighted by molar-refractivity contribution is -0.114. The minimum absolute atomic E-state index is 0.357. The van der Waals surface area contributed by atoms with Gasteiger partial charge in [-0.05, 0) is 48.9 Å². The van der Waals surface area contributed by atoms with E-state index in [-0.39, 0.29) is 6.54 Å². The quantitative estimate of drug-likeness (QED) is 0.526. The fourth-order valence-corrected chi connectivity index (χ4v) is 4.84. The first-order chi connectivity index (χ1) is 14.3. The summed E-state index contributed by atoms with van der Waals surface area (Å²) in [6, 6.07) is 22.2. The van der Waals surface area contributed by atoms with E-state index in [2.05, 4.69) is 5.32 Å². The van der Waals surface area contributed by atoms with Gasteiger partial charge in [0, 0.05) is 14.8 Å². The number of rotatable bonds is 7. The lowest BCUT2D eigenvalue weighted by Crippen LogP contribution is -2.38. The fraction of sp³-hybridized carbons (Fsp3) is 0.136. The van der Waals surface area contributed by atoms with Crippen molar-refractivity contribution in [3.8, 4) is 0 Å². The van der Waals surface area contributed by atoms with Crippen molar-refractivity contribution in [1.82, 2.24) is 0 Å². The maximum absolute atomic E-state index is 12.8. The molecular formula is C22H21ClN2O3S2. The summed E-state index contributed by atoms with van der Waals surface area (Å²) in [5, 5.41) is 3.27. The van der Waals surface area contributed by atoms with E-state index >= 15 is 0 Å². The molecule has 5 nitrogen and oxygen atoms in total. The molecule has 3 aromatic carbocycles. The molecule has 8 heteroatoms. The average molecular weight is 461 g/mol. The molecule has 0 atom stereocenters. The Morgan fingerprint density at radius 2 is 1.67 bits per heavy atom. The van der Waals surface area contributed by atoms with Gasteiger partial charge in [-0.3, -0.25) is 9.10 Å². The largest absolute Gasteiger partial charge is 0.323 e. The van der Waals surface area contributed by atoms with Gasteiger partial charge in [0.15, 0.2) is 0 Å². The number of anilines is 2. The summed E-state index contributed by atoms with van der Waals surface area (Å²) < 4.78 is 25.8. The molecule has 0 aromatic heterocycles. The minimum Gasteiger partial charge on any atom is -0.323 e. The Balaban J connectivity index is 1.83. The van der Waals surface area contributed by atoms with Crippen LogP contribution in [0.25, 0.3) is 0 Å². The van der Waals surface area contributed by atoms with Gasteiger partial charge in [-0.15, -0.1) is 0 Å². The number of nitrogens with zero attached hydrogens (tertiary/aromatic N) is 1. The van der Waals surface area contributed by atoms with Crippen LogP contribution in [0.2, 0.25) is 5.02 Å². The standard InChI is InChI=1S/C22H21ClN2O3S2/c1-16-18(23)11-8-13-20(16)25(30(2,27)28)15-22(26)24-19-12-6-7-14-21(19)29-17-9-4-3-5-10-17/h3-14H,15H2,1-2H3,(H,24,26). The Morgan fingerprint density at radius 1 is 1.00 bits per heavy atom. The number of hydrogen-bond acceptors (Lipinski definition) is 4. The number of hydrogen-bond donors (Lipinski definition) is 1. The first kappa shape index (κ1) is 22.2. The van der Waals surface area contributed by atoms with E-state index in [0.717, 1.165) is 20.4 Å². The number of halogens is 1. The van der Waals surface area contributed by atoms with Gasteiger partial charge in [0.05, 0.1) is 17.6 Å². The van der Waals surface area contributed by atoms with Crippen LogP contribution in [-0.2, 0) is 14.8 Å². The predicted octanol–water partition coefficient (Wildman–Crippen LogP) is 5.20. The van der Waals surface area contributed by atoms with E-state index in [4.69, 9.17) is 11.6 Å². The minimum atomic E-state index is -3.69. The average Bonchev–Trinajstić information content (AvgIpc) is 2.70. The molecule has 3 aromatic rings. The van der Waals surface area contributed by atoms with E-state index in [1.807, 2.05) is 48.5 Å². The first-order valence-corrected chi connectivity index (χ1v) is 12.1. The van der Waals surface area contributed by atoms with Crippen molar-refractivity contribution in [2.24, 2.45) is 0 Å². The van der Waals surface area contributed by atoms with E-state index in [9.17, 15) is 13.2 Å². The highest BCUT2D eigenvalue weighted by molar-refractivity contribution is 7.99. The van der Waals surface area contributed by atoms with Crippen molar-refractivity contribution in [3.63, 3.8) is 0 Å². The van der Waals surface area contributed by atoms with Gasteiger partial charge in [0.2, 0.25) is 15.9 Å². The van der Waals surface area contributed by atoms with Crippen LogP contribution in [0.3, 0.4) is 0 Å². The zero-order valence-electron chi connectivity index (χ0n) is 16.5. The van der Waals surface area contributed by atoms with Gasteiger partial charge in [0.1, 0.15) is 6.54 Å². The summed E-state index contributed by atoms with van der Waals surface area (Å²) in [6.07, 6.45) is 1.07. The molecule has 3 rings (SSSR count). The van der Waals surface area contributed by atoms with Crippen LogP contribution < -0.4 is 9.62 Å². The SMILES string of the molecule is Cc1c(Cl)cccc1N(CC(=O)Nc1ccccc1Sc1ccccc1)S(C)(=O)=O. The molecule has 0 saturated carbocycles. The molecule has 0 saturated heterocycles. The Labute approximate surface area is 186 Å². The van der Waals surface area contributed by atoms with Crippen LogP contribution in [0.15, 0.2) is 82.6 Å². The van der Waals surface area contributed by atoms with Gasteiger partial charge >= 0.3 is 0 Å². The molecule has 1 N–H and O–H groups in total. The Morgan fingerprint density at radius 3 is 2.37 bits per heavy atom. The number of amides is 1. The number of benzene rings is 3. The van der Waals surface area contributed by atoms with Crippen LogP contribution in [0.5, 0.6) is 0 Å². The van der Waals surface area contributed by atoms with Crippen LogP contribution >= 0.6 is 23.4 Å². The number of sulfonamides is 1. The smallest absolute Gasteiger partial charge is 0.245 e. The Kier molecular flexibility index (Phi) is 7.07. The van der Waals surface area contributed by atoms with Gasteiger partial charge in [-0.25, -0.2) is 8.42 Å². The van der Waals surface area contributed by atoms with Crippen LogP contribution in [-0.4, -0.2) is 27.1 Å². The third-order valence-corrected chi connectivity index (χ3v) is 6.95. The monoisotopic (exact) mass is 460 g/mol. The molecule has 156 valence electrons. The molecule has 30 heavy (non-hydrogen) atoms. The predicted molar refractivity (Wildman–Crippen MR) is 124 cm³/mol. The molecule has 0 unspecified atom stereocenters. The van der Waals surface area contributed by atoms with Crippen molar-refractivity contribution in [3.05, 3.63) is 83.4 Å². The molecule has 0 heterocycles. The van der Waals surface area contributed by atoms with E-state index < -0.39 is 15.9 Å². The molecule has 0 fully saturated rings.